The number of hydrogen-bond donors (Lipinski definition) is 0. The van der Waals surface area contributed by atoms with Crippen LogP contribution in [0.2, 0.25) is 0 Å². The van der Waals surface area contributed by atoms with Crippen molar-refractivity contribution in [1.29, 1.82) is 0 Å². The molecule has 2 bridgehead atoms. The van der Waals surface area contributed by atoms with Crippen LogP contribution in [0.1, 0.15) is 19.8 Å². The summed E-state index contributed by atoms with van der Waals surface area (Å²) >= 11 is 0. The van der Waals surface area contributed by atoms with Gasteiger partial charge >= 0.3 is 0 Å². The number of fused-ring (bicyclic) bond motifs is 3. The molecule has 1 aromatic heterocycles. The Morgan fingerprint density at radius 1 is 0.962 bits per heavy atom. The van der Waals surface area contributed by atoms with E-state index in [1.807, 2.05) is 30.3 Å². The minimum Gasteiger partial charge on any atom is -0.493 e. The molecule has 2 aromatic rings. The quantitative estimate of drug-likeness (QED) is 0.822. The molecule has 3 saturated heterocycles. The molecule has 0 saturated carbocycles. The molecule has 1 aromatic carbocycles. The van der Waals surface area contributed by atoms with E-state index in [1.54, 1.807) is 14.2 Å². The van der Waals surface area contributed by atoms with Crippen LogP contribution in [0, 0.1) is 5.92 Å². The van der Waals surface area contributed by atoms with Gasteiger partial charge in [0.1, 0.15) is 6.10 Å². The van der Waals surface area contributed by atoms with E-state index in [0.29, 0.717) is 29.3 Å². The Balaban J connectivity index is 1.50. The fraction of sp³-hybridized carbons (Fsp3) is 0.500. The number of hydrogen-bond acceptors (Lipinski definition) is 6. The Bertz CT molecular complexity index is 755. The summed E-state index contributed by atoms with van der Waals surface area (Å²) in [6, 6.07) is 10.0. The van der Waals surface area contributed by atoms with E-state index in [0.717, 1.165) is 11.3 Å². The summed E-state index contributed by atoms with van der Waals surface area (Å²) in [5.41, 5.74) is 1.71. The lowest BCUT2D eigenvalue weighted by Crippen LogP contribution is -2.58. The molecule has 5 rings (SSSR count). The first kappa shape index (κ1) is 17.1. The van der Waals surface area contributed by atoms with Crippen molar-refractivity contribution in [2.24, 2.45) is 5.92 Å². The first-order valence-electron chi connectivity index (χ1n) is 9.16. The van der Waals surface area contributed by atoms with E-state index in [1.165, 1.54) is 25.9 Å². The van der Waals surface area contributed by atoms with Crippen LogP contribution in [0.25, 0.3) is 11.3 Å². The summed E-state index contributed by atoms with van der Waals surface area (Å²) in [7, 11) is 3.25. The van der Waals surface area contributed by atoms with Crippen LogP contribution in [-0.4, -0.2) is 54.6 Å². The van der Waals surface area contributed by atoms with Gasteiger partial charge in [0, 0.05) is 17.7 Å². The second-order valence-corrected chi connectivity index (χ2v) is 7.02. The highest BCUT2D eigenvalue weighted by molar-refractivity contribution is 5.63. The van der Waals surface area contributed by atoms with Gasteiger partial charge in [-0.25, -0.2) is 0 Å². The minimum absolute atomic E-state index is 0.207. The summed E-state index contributed by atoms with van der Waals surface area (Å²) in [5, 5.41) is 8.65. The van der Waals surface area contributed by atoms with Gasteiger partial charge in [-0.15, -0.1) is 10.2 Å². The fourth-order valence-corrected chi connectivity index (χ4v) is 4.12. The molecule has 4 heterocycles. The number of nitrogens with zero attached hydrogens (tertiary/aromatic N) is 3. The first-order valence-corrected chi connectivity index (χ1v) is 9.16. The smallest absolute Gasteiger partial charge is 0.233 e. The number of ether oxygens (including phenoxy) is 3. The molecule has 3 aliphatic rings. The van der Waals surface area contributed by atoms with Gasteiger partial charge in [-0.05, 0) is 63.0 Å². The average molecular weight is 355 g/mol. The first-order chi connectivity index (χ1) is 12.7. The predicted octanol–water partition coefficient (Wildman–Crippen LogP) is 3.02. The normalized spacial score (nSPS) is 27.2. The average Bonchev–Trinajstić information content (AvgIpc) is 2.71. The number of rotatable bonds is 5. The van der Waals surface area contributed by atoms with Crippen molar-refractivity contribution in [2.75, 3.05) is 27.3 Å². The molecule has 0 aliphatic carbocycles. The van der Waals surface area contributed by atoms with Crippen molar-refractivity contribution in [3.63, 3.8) is 0 Å². The molecular weight excluding hydrogens is 330 g/mol. The van der Waals surface area contributed by atoms with E-state index >= 15 is 0 Å². The maximum Gasteiger partial charge on any atom is 0.233 e. The highest BCUT2D eigenvalue weighted by Gasteiger charge is 2.41. The van der Waals surface area contributed by atoms with Crippen LogP contribution in [-0.2, 0) is 0 Å². The third-order valence-corrected chi connectivity index (χ3v) is 5.67. The lowest BCUT2D eigenvalue weighted by Gasteiger charge is -2.48. The van der Waals surface area contributed by atoms with Crippen LogP contribution in [0.5, 0.6) is 17.4 Å². The SMILES string of the molecule is COc1ccc(-c2ccc(O[C@@H]3C4CCN(CC4)[C@H]3C)nn2)cc1OC. The van der Waals surface area contributed by atoms with Crippen molar-refractivity contribution in [2.45, 2.75) is 31.9 Å². The van der Waals surface area contributed by atoms with Gasteiger partial charge in [0.25, 0.3) is 0 Å². The van der Waals surface area contributed by atoms with E-state index in [-0.39, 0.29) is 6.10 Å². The monoisotopic (exact) mass is 355 g/mol. The summed E-state index contributed by atoms with van der Waals surface area (Å²) in [5.74, 6) is 2.59. The molecule has 0 radical (unpaired) electrons. The topological polar surface area (TPSA) is 56.7 Å². The summed E-state index contributed by atoms with van der Waals surface area (Å²) < 4.78 is 16.9. The largest absolute Gasteiger partial charge is 0.493 e. The number of benzene rings is 1. The van der Waals surface area contributed by atoms with Gasteiger partial charge in [0.05, 0.1) is 19.9 Å². The van der Waals surface area contributed by atoms with Gasteiger partial charge in [0.2, 0.25) is 5.88 Å². The highest BCUT2D eigenvalue weighted by atomic mass is 16.5. The maximum atomic E-state index is 6.21. The fourth-order valence-electron chi connectivity index (χ4n) is 4.12. The van der Waals surface area contributed by atoms with Gasteiger partial charge in [-0.2, -0.15) is 0 Å². The number of methoxy groups -OCH3 is 2. The zero-order chi connectivity index (χ0) is 18.1. The van der Waals surface area contributed by atoms with Crippen LogP contribution in [0.3, 0.4) is 0 Å². The molecule has 3 fully saturated rings. The molecule has 0 amide bonds. The maximum absolute atomic E-state index is 6.21. The van der Waals surface area contributed by atoms with E-state index in [4.69, 9.17) is 14.2 Å². The molecule has 6 nitrogen and oxygen atoms in total. The van der Waals surface area contributed by atoms with Gasteiger partial charge in [-0.3, -0.25) is 4.90 Å². The standard InChI is InChI=1S/C20H25N3O3/c1-13-20(14-8-10-23(13)11-9-14)26-19-7-5-16(21-22-19)15-4-6-17(24-2)18(12-15)25-3/h4-7,12-14,20H,8-11H2,1-3H3/t13-,20-/m0/s1. The Morgan fingerprint density at radius 3 is 2.35 bits per heavy atom. The highest BCUT2D eigenvalue weighted by Crippen LogP contribution is 2.35. The molecule has 3 aliphatic heterocycles. The molecule has 0 N–H and O–H groups in total. The Morgan fingerprint density at radius 2 is 1.73 bits per heavy atom. The van der Waals surface area contributed by atoms with Crippen molar-refractivity contribution in [3.8, 4) is 28.6 Å². The van der Waals surface area contributed by atoms with Gasteiger partial charge < -0.3 is 14.2 Å². The van der Waals surface area contributed by atoms with Gasteiger partial charge in [0.15, 0.2) is 11.5 Å². The molecule has 0 spiro atoms. The lowest BCUT2D eigenvalue weighted by atomic mass is 9.81. The summed E-state index contributed by atoms with van der Waals surface area (Å²) in [6.45, 7) is 4.63. The van der Waals surface area contributed by atoms with Crippen molar-refractivity contribution in [3.05, 3.63) is 30.3 Å². The minimum atomic E-state index is 0.207. The van der Waals surface area contributed by atoms with Crippen LogP contribution in [0.15, 0.2) is 30.3 Å². The molecule has 138 valence electrons. The number of aromatic nitrogens is 2. The van der Waals surface area contributed by atoms with Crippen LogP contribution < -0.4 is 14.2 Å². The Labute approximate surface area is 154 Å². The van der Waals surface area contributed by atoms with Gasteiger partial charge in [-0.1, -0.05) is 0 Å². The third kappa shape index (κ3) is 3.09. The van der Waals surface area contributed by atoms with Crippen LogP contribution >= 0.6 is 0 Å². The molecular formula is C20H25N3O3. The summed E-state index contributed by atoms with van der Waals surface area (Å²) in [6.07, 6.45) is 2.64. The lowest BCUT2D eigenvalue weighted by molar-refractivity contribution is -0.0528. The molecule has 0 unspecified atom stereocenters. The van der Waals surface area contributed by atoms with E-state index in [9.17, 15) is 0 Å². The second-order valence-electron chi connectivity index (χ2n) is 7.02. The van der Waals surface area contributed by atoms with Crippen molar-refractivity contribution < 1.29 is 14.2 Å². The van der Waals surface area contributed by atoms with Crippen LogP contribution in [0.4, 0.5) is 0 Å². The molecule has 2 atom stereocenters. The molecule has 26 heavy (non-hydrogen) atoms. The van der Waals surface area contributed by atoms with E-state index in [2.05, 4.69) is 22.0 Å². The van der Waals surface area contributed by atoms with E-state index < -0.39 is 0 Å². The van der Waals surface area contributed by atoms with Crippen molar-refractivity contribution in [1.82, 2.24) is 15.1 Å². The van der Waals surface area contributed by atoms with Crippen molar-refractivity contribution >= 4 is 0 Å². The number of piperidine rings is 3. The Hall–Kier alpha value is -2.34. The summed E-state index contributed by atoms with van der Waals surface area (Å²) in [4.78, 5) is 2.51. The zero-order valence-corrected chi connectivity index (χ0v) is 15.5. The second kappa shape index (κ2) is 7.11. The Kier molecular flexibility index (Phi) is 4.68. The third-order valence-electron chi connectivity index (χ3n) is 5.67. The zero-order valence-electron chi connectivity index (χ0n) is 15.5. The molecule has 6 heteroatoms. The predicted molar refractivity (Wildman–Crippen MR) is 98.7 cm³/mol.